The fourth-order valence-electron chi connectivity index (χ4n) is 12.1. The van der Waals surface area contributed by atoms with Crippen LogP contribution in [0.3, 0.4) is 0 Å². The summed E-state index contributed by atoms with van der Waals surface area (Å²) in [7, 11) is 0. The summed E-state index contributed by atoms with van der Waals surface area (Å²) >= 11 is 0. The highest BCUT2D eigenvalue weighted by molar-refractivity contribution is 5.80. The van der Waals surface area contributed by atoms with Crippen LogP contribution >= 0.6 is 0 Å². The van der Waals surface area contributed by atoms with Crippen molar-refractivity contribution in [3.8, 4) is 56.4 Å². The maximum atomic E-state index is 5.11. The van der Waals surface area contributed by atoms with Crippen LogP contribution in [0.5, 0.6) is 0 Å². The van der Waals surface area contributed by atoms with E-state index in [1.54, 1.807) is 12.0 Å². The lowest BCUT2D eigenvalue weighted by Crippen LogP contribution is -2.69. The van der Waals surface area contributed by atoms with E-state index >= 15 is 0 Å². The average Bonchev–Trinajstić information content (AvgIpc) is 3.20. The molecule has 8 bridgehead atoms. The summed E-state index contributed by atoms with van der Waals surface area (Å²) in [6, 6.07) is 48.0. The van der Waals surface area contributed by atoms with E-state index in [1.165, 1.54) is 54.4 Å². The van der Waals surface area contributed by atoms with Crippen molar-refractivity contribution in [2.75, 3.05) is 0 Å². The molecule has 244 valence electrons. The second kappa shape index (κ2) is 11.1. The Bertz CT molecular complexity index is 2130. The first-order valence-electron chi connectivity index (χ1n) is 18.9. The van der Waals surface area contributed by atoms with E-state index in [9.17, 15) is 0 Å². The molecule has 1 aromatic heterocycles. The van der Waals surface area contributed by atoms with Gasteiger partial charge in [0.1, 0.15) is 0 Å². The molecule has 50 heavy (non-hydrogen) atoms. The maximum Gasteiger partial charge on any atom is 0.164 e. The molecule has 6 aromatic rings. The van der Waals surface area contributed by atoms with Crippen LogP contribution in [-0.4, -0.2) is 15.0 Å². The molecule has 3 heteroatoms. The third-order valence-corrected chi connectivity index (χ3v) is 13.8. The van der Waals surface area contributed by atoms with Crippen molar-refractivity contribution in [1.29, 1.82) is 0 Å². The predicted octanol–water partition coefficient (Wildman–Crippen LogP) is 11.2. The smallest absolute Gasteiger partial charge is 0.164 e. The largest absolute Gasteiger partial charge is 0.208 e. The zero-order valence-corrected chi connectivity index (χ0v) is 28.3. The Kier molecular flexibility index (Phi) is 6.39. The minimum atomic E-state index is 0.423. The summed E-state index contributed by atoms with van der Waals surface area (Å²) < 4.78 is 0. The van der Waals surface area contributed by atoms with Gasteiger partial charge in [0.2, 0.25) is 0 Å². The second-order valence-corrected chi connectivity index (χ2v) is 16.1. The van der Waals surface area contributed by atoms with Gasteiger partial charge in [-0.2, -0.15) is 0 Å². The fourth-order valence-corrected chi connectivity index (χ4v) is 12.1. The van der Waals surface area contributed by atoms with Crippen molar-refractivity contribution in [3.05, 3.63) is 139 Å². The number of rotatable bonds is 6. The molecule has 3 nitrogen and oxygen atoms in total. The van der Waals surface area contributed by atoms with Gasteiger partial charge in [-0.05, 0) is 126 Å². The van der Waals surface area contributed by atoms with Gasteiger partial charge in [0, 0.05) is 22.1 Å². The summed E-state index contributed by atoms with van der Waals surface area (Å²) in [6.07, 6.45) is 9.01. The molecule has 1 heterocycles. The highest BCUT2D eigenvalue weighted by Gasteiger charge is 2.70. The average molecular weight is 648 g/mol. The minimum absolute atomic E-state index is 0.423. The highest BCUT2D eigenvalue weighted by Crippen LogP contribution is 2.76. The fraction of sp³-hybridized carbons (Fsp3) is 0.298. The van der Waals surface area contributed by atoms with E-state index in [0.29, 0.717) is 22.9 Å². The lowest BCUT2D eigenvalue weighted by Gasteiger charge is -2.74. The summed E-state index contributed by atoms with van der Waals surface area (Å²) in [6.45, 7) is 0. The molecular formula is C47H41N3. The van der Waals surface area contributed by atoms with E-state index in [0.717, 1.165) is 58.1 Å². The first-order chi connectivity index (χ1) is 24.7. The van der Waals surface area contributed by atoms with Gasteiger partial charge in [-0.25, -0.2) is 15.0 Å². The van der Waals surface area contributed by atoms with E-state index in [2.05, 4.69) is 97.1 Å². The van der Waals surface area contributed by atoms with Crippen LogP contribution < -0.4 is 0 Å². The molecule has 0 amide bonds. The van der Waals surface area contributed by atoms with Gasteiger partial charge >= 0.3 is 0 Å². The predicted molar refractivity (Wildman–Crippen MR) is 201 cm³/mol. The summed E-state index contributed by atoms with van der Waals surface area (Å²) in [4.78, 5) is 15.2. The molecule has 13 rings (SSSR count). The van der Waals surface area contributed by atoms with Crippen LogP contribution in [0.15, 0.2) is 133 Å². The Morgan fingerprint density at radius 3 is 1.36 bits per heavy atom. The number of hydrogen-bond acceptors (Lipinski definition) is 3. The van der Waals surface area contributed by atoms with Crippen molar-refractivity contribution in [2.24, 2.45) is 41.4 Å². The van der Waals surface area contributed by atoms with Gasteiger partial charge in [-0.3, -0.25) is 0 Å². The van der Waals surface area contributed by atoms with Crippen molar-refractivity contribution >= 4 is 0 Å². The Balaban J connectivity index is 1.03. The zero-order chi connectivity index (χ0) is 32.8. The van der Waals surface area contributed by atoms with Crippen molar-refractivity contribution in [1.82, 2.24) is 15.0 Å². The SMILES string of the molecule is c1ccc(-c2cc(-c3ccc(C45CC6CC7C8CC(CC74)CC5C8C6)cc3)cc(-c3nc(-c4ccccc4)nc(-c4ccccc4)n3)c2)cc1. The van der Waals surface area contributed by atoms with Gasteiger partial charge in [-0.15, -0.1) is 0 Å². The minimum Gasteiger partial charge on any atom is -0.208 e. The van der Waals surface area contributed by atoms with Gasteiger partial charge in [-0.1, -0.05) is 115 Å². The maximum absolute atomic E-state index is 5.11. The molecule has 7 aliphatic rings. The Hall–Kier alpha value is -4.89. The molecular weight excluding hydrogens is 607 g/mol. The first-order valence-corrected chi connectivity index (χ1v) is 18.9. The summed E-state index contributed by atoms with van der Waals surface area (Å²) in [5.41, 5.74) is 9.83. The summed E-state index contributed by atoms with van der Waals surface area (Å²) in [5, 5.41) is 0. The lowest BCUT2D eigenvalue weighted by atomic mass is 9.30. The monoisotopic (exact) mass is 647 g/mol. The van der Waals surface area contributed by atoms with E-state index in [1.807, 2.05) is 36.4 Å². The molecule has 5 aromatic carbocycles. The van der Waals surface area contributed by atoms with Gasteiger partial charge in [0.25, 0.3) is 0 Å². The molecule has 7 saturated carbocycles. The second-order valence-electron chi connectivity index (χ2n) is 16.1. The van der Waals surface area contributed by atoms with Crippen molar-refractivity contribution < 1.29 is 0 Å². The number of hydrogen-bond donors (Lipinski definition) is 0. The Labute approximate surface area is 294 Å². The molecule has 0 N–H and O–H groups in total. The van der Waals surface area contributed by atoms with Crippen LogP contribution in [0.25, 0.3) is 56.4 Å². The van der Waals surface area contributed by atoms with E-state index in [-0.39, 0.29) is 0 Å². The third-order valence-electron chi connectivity index (χ3n) is 13.8. The molecule has 0 spiro atoms. The molecule has 0 aliphatic heterocycles. The summed E-state index contributed by atoms with van der Waals surface area (Å²) in [5.74, 6) is 8.87. The standard InChI is InChI=1S/C47H41N3/c1-4-10-31(11-5-1)35-25-36(27-37(26-35)46-49-44(33-12-6-2-7-13-33)48-45(50-46)34-14-8-3-9-15-34)32-16-18-38(19-17-32)47-28-30-21-40-39-20-29(23-42(40)47)24-43(47)41(39)22-30/h1-19,25-27,29-30,39-43H,20-24,28H2. The third kappa shape index (κ3) is 4.38. The molecule has 7 fully saturated rings. The zero-order valence-electron chi connectivity index (χ0n) is 28.3. The molecule has 0 radical (unpaired) electrons. The van der Waals surface area contributed by atoms with Gasteiger partial charge in [0.15, 0.2) is 17.5 Å². The number of nitrogens with zero attached hydrogens (tertiary/aromatic N) is 3. The quantitative estimate of drug-likeness (QED) is 0.181. The van der Waals surface area contributed by atoms with Crippen LogP contribution in [0.1, 0.15) is 44.1 Å². The Morgan fingerprint density at radius 2 is 0.820 bits per heavy atom. The molecule has 4 atom stereocenters. The normalized spacial score (nSPS) is 29.8. The van der Waals surface area contributed by atoms with E-state index < -0.39 is 0 Å². The van der Waals surface area contributed by atoms with Crippen LogP contribution in [0, 0.1) is 41.4 Å². The van der Waals surface area contributed by atoms with Crippen LogP contribution in [0.4, 0.5) is 0 Å². The molecule has 7 aliphatic carbocycles. The van der Waals surface area contributed by atoms with Crippen LogP contribution in [0.2, 0.25) is 0 Å². The molecule has 4 unspecified atom stereocenters. The first kappa shape index (κ1) is 28.9. The topological polar surface area (TPSA) is 38.7 Å². The highest BCUT2D eigenvalue weighted by atomic mass is 15.0. The van der Waals surface area contributed by atoms with Crippen LogP contribution in [-0.2, 0) is 5.41 Å². The van der Waals surface area contributed by atoms with E-state index in [4.69, 9.17) is 15.0 Å². The Morgan fingerprint density at radius 1 is 0.380 bits per heavy atom. The van der Waals surface area contributed by atoms with Crippen molar-refractivity contribution in [3.63, 3.8) is 0 Å². The van der Waals surface area contributed by atoms with Gasteiger partial charge < -0.3 is 0 Å². The lowest BCUT2D eigenvalue weighted by molar-refractivity contribution is -0.220. The number of aromatic nitrogens is 3. The molecule has 0 saturated heterocycles. The number of benzene rings is 5. The van der Waals surface area contributed by atoms with Crippen molar-refractivity contribution in [2.45, 2.75) is 43.9 Å². The van der Waals surface area contributed by atoms with Gasteiger partial charge in [0.05, 0.1) is 0 Å².